The lowest BCUT2D eigenvalue weighted by Crippen LogP contribution is -2.41. The fraction of sp³-hybridized carbons (Fsp3) is 0.429. The van der Waals surface area contributed by atoms with Gasteiger partial charge < -0.3 is 9.31 Å². The number of hydrogen-bond acceptors (Lipinski definition) is 4. The molecule has 2 rings (SSSR count). The molecule has 0 spiro atoms. The Bertz CT molecular complexity index is 479. The molecule has 1 aliphatic heterocycles. The molecule has 1 fully saturated rings. The van der Waals surface area contributed by atoms with Gasteiger partial charge in [0, 0.05) is 4.91 Å². The monoisotopic (exact) mass is 294 g/mol. The van der Waals surface area contributed by atoms with Crippen molar-refractivity contribution in [3.05, 3.63) is 35.2 Å². The van der Waals surface area contributed by atoms with Crippen molar-refractivity contribution in [3.63, 3.8) is 0 Å². The van der Waals surface area contributed by atoms with Crippen LogP contribution in [-0.4, -0.2) is 18.3 Å². The Morgan fingerprint density at radius 1 is 1.05 bits per heavy atom. The van der Waals surface area contributed by atoms with Crippen LogP contribution in [0.4, 0.5) is 0 Å². The van der Waals surface area contributed by atoms with Gasteiger partial charge in [-0.15, -0.1) is 12.6 Å². The lowest BCUT2D eigenvalue weighted by atomic mass is 9.79. The first-order valence-corrected chi connectivity index (χ1v) is 7.22. The van der Waals surface area contributed by atoms with E-state index in [1.165, 1.54) is 0 Å². The zero-order valence-corrected chi connectivity index (χ0v) is 13.5. The average molecular weight is 294 g/mol. The molecular weight excluding hydrogens is 275 g/mol. The molecule has 19 heavy (non-hydrogen) atoms. The fourth-order valence-electron chi connectivity index (χ4n) is 1.86. The highest BCUT2D eigenvalue weighted by Gasteiger charge is 2.51. The highest BCUT2D eigenvalue weighted by atomic mass is 32.1. The second-order valence-corrected chi connectivity index (χ2v) is 6.46. The average Bonchev–Trinajstić information content (AvgIpc) is 2.58. The Hall–Kier alpha value is -0.355. The van der Waals surface area contributed by atoms with Crippen LogP contribution in [-0.2, 0) is 9.31 Å². The van der Waals surface area contributed by atoms with Crippen LogP contribution in [0.5, 0.6) is 0 Å². The molecule has 0 aliphatic carbocycles. The van der Waals surface area contributed by atoms with E-state index in [1.807, 2.05) is 24.3 Å². The summed E-state index contributed by atoms with van der Waals surface area (Å²) < 4.78 is 12.0. The predicted octanol–water partition coefficient (Wildman–Crippen LogP) is 3.14. The van der Waals surface area contributed by atoms with Crippen molar-refractivity contribution in [1.82, 2.24) is 0 Å². The SMILES string of the molecule is CC1(C)OB(c2ccc(/C(S)=C/S)cc2)OC1(C)C. The first-order valence-electron chi connectivity index (χ1n) is 6.26. The summed E-state index contributed by atoms with van der Waals surface area (Å²) in [6, 6.07) is 8.00. The van der Waals surface area contributed by atoms with E-state index in [2.05, 4.69) is 53.0 Å². The van der Waals surface area contributed by atoms with Crippen molar-refractivity contribution in [2.75, 3.05) is 0 Å². The second-order valence-electron chi connectivity index (χ2n) is 5.72. The molecule has 2 nitrogen and oxygen atoms in total. The third kappa shape index (κ3) is 2.89. The quantitative estimate of drug-likeness (QED) is 0.645. The summed E-state index contributed by atoms with van der Waals surface area (Å²) in [5.41, 5.74) is 1.42. The first kappa shape index (κ1) is 15.0. The van der Waals surface area contributed by atoms with Gasteiger partial charge in [0.05, 0.1) is 11.2 Å². The molecule has 1 aliphatic rings. The zero-order chi connectivity index (χ0) is 14.3. The van der Waals surface area contributed by atoms with Gasteiger partial charge in [-0.05, 0) is 44.1 Å². The molecule has 0 bridgehead atoms. The van der Waals surface area contributed by atoms with E-state index in [0.29, 0.717) is 0 Å². The number of hydrogen-bond donors (Lipinski definition) is 2. The minimum absolute atomic E-state index is 0.309. The molecule has 0 radical (unpaired) electrons. The smallest absolute Gasteiger partial charge is 0.399 e. The number of rotatable bonds is 2. The van der Waals surface area contributed by atoms with E-state index in [9.17, 15) is 0 Å². The lowest BCUT2D eigenvalue weighted by molar-refractivity contribution is 0.00578. The Labute approximate surface area is 126 Å². The van der Waals surface area contributed by atoms with Crippen LogP contribution in [0.1, 0.15) is 33.3 Å². The molecular formula is C14H19BO2S2. The molecule has 1 heterocycles. The molecule has 1 saturated heterocycles. The Kier molecular flexibility index (Phi) is 4.12. The van der Waals surface area contributed by atoms with Gasteiger partial charge in [-0.3, -0.25) is 0 Å². The molecule has 5 heteroatoms. The fourth-order valence-corrected chi connectivity index (χ4v) is 2.16. The van der Waals surface area contributed by atoms with Crippen molar-refractivity contribution in [1.29, 1.82) is 0 Å². The standard InChI is InChI=1S/C14H19BO2S2/c1-13(2)14(3,4)17-15(16-13)11-7-5-10(6-8-11)12(19)9-18/h5-9,18-19H,1-4H3/b12-9-. The molecule has 0 saturated carbocycles. The van der Waals surface area contributed by atoms with Gasteiger partial charge in [-0.25, -0.2) is 0 Å². The van der Waals surface area contributed by atoms with Crippen LogP contribution in [0.3, 0.4) is 0 Å². The summed E-state index contributed by atoms with van der Waals surface area (Å²) in [6.45, 7) is 8.21. The van der Waals surface area contributed by atoms with E-state index >= 15 is 0 Å². The van der Waals surface area contributed by atoms with Gasteiger partial charge in [-0.2, -0.15) is 12.6 Å². The van der Waals surface area contributed by atoms with E-state index in [0.717, 1.165) is 15.9 Å². The first-order chi connectivity index (χ1) is 8.77. The molecule has 0 amide bonds. The largest absolute Gasteiger partial charge is 0.494 e. The number of benzene rings is 1. The van der Waals surface area contributed by atoms with Crippen molar-refractivity contribution in [2.45, 2.75) is 38.9 Å². The van der Waals surface area contributed by atoms with Gasteiger partial charge in [0.2, 0.25) is 0 Å². The maximum Gasteiger partial charge on any atom is 0.494 e. The zero-order valence-electron chi connectivity index (χ0n) is 11.7. The van der Waals surface area contributed by atoms with Crippen molar-refractivity contribution >= 4 is 42.7 Å². The van der Waals surface area contributed by atoms with Crippen molar-refractivity contribution < 1.29 is 9.31 Å². The van der Waals surface area contributed by atoms with E-state index in [4.69, 9.17) is 9.31 Å². The maximum atomic E-state index is 6.01. The highest BCUT2D eigenvalue weighted by Crippen LogP contribution is 2.36. The van der Waals surface area contributed by atoms with Crippen LogP contribution in [0, 0.1) is 0 Å². The van der Waals surface area contributed by atoms with Gasteiger partial charge in [0.15, 0.2) is 0 Å². The van der Waals surface area contributed by atoms with Crippen LogP contribution < -0.4 is 5.46 Å². The Balaban J connectivity index is 2.21. The topological polar surface area (TPSA) is 18.5 Å². The predicted molar refractivity (Wildman–Crippen MR) is 88.1 cm³/mol. The summed E-state index contributed by atoms with van der Waals surface area (Å²) in [5, 5.41) is 1.67. The summed E-state index contributed by atoms with van der Waals surface area (Å²) in [5.74, 6) is 0. The van der Waals surface area contributed by atoms with Gasteiger partial charge >= 0.3 is 7.12 Å². The van der Waals surface area contributed by atoms with Crippen LogP contribution in [0.25, 0.3) is 4.91 Å². The molecule has 0 aromatic heterocycles. The minimum Gasteiger partial charge on any atom is -0.399 e. The molecule has 0 N–H and O–H groups in total. The molecule has 102 valence electrons. The number of thiol groups is 2. The lowest BCUT2D eigenvalue weighted by Gasteiger charge is -2.32. The summed E-state index contributed by atoms with van der Waals surface area (Å²) in [4.78, 5) is 0.837. The summed E-state index contributed by atoms with van der Waals surface area (Å²) >= 11 is 8.44. The van der Waals surface area contributed by atoms with Crippen LogP contribution in [0.15, 0.2) is 29.7 Å². The minimum atomic E-state index is -0.317. The molecule has 1 aromatic carbocycles. The van der Waals surface area contributed by atoms with E-state index in [1.54, 1.807) is 5.41 Å². The third-order valence-electron chi connectivity index (χ3n) is 3.85. The normalized spacial score (nSPS) is 21.8. The van der Waals surface area contributed by atoms with Crippen molar-refractivity contribution in [3.8, 4) is 0 Å². The Morgan fingerprint density at radius 3 is 1.95 bits per heavy atom. The van der Waals surface area contributed by atoms with E-state index in [-0.39, 0.29) is 18.3 Å². The highest BCUT2D eigenvalue weighted by molar-refractivity contribution is 7.92. The Morgan fingerprint density at radius 2 is 1.53 bits per heavy atom. The van der Waals surface area contributed by atoms with Gasteiger partial charge in [-0.1, -0.05) is 24.3 Å². The summed E-state index contributed by atoms with van der Waals surface area (Å²) in [7, 11) is -0.317. The summed E-state index contributed by atoms with van der Waals surface area (Å²) in [6.07, 6.45) is 0. The van der Waals surface area contributed by atoms with Crippen molar-refractivity contribution in [2.24, 2.45) is 0 Å². The van der Waals surface area contributed by atoms with Crippen LogP contribution in [0.2, 0.25) is 0 Å². The van der Waals surface area contributed by atoms with Gasteiger partial charge in [0.1, 0.15) is 0 Å². The molecule has 0 atom stereocenters. The van der Waals surface area contributed by atoms with Crippen LogP contribution >= 0.6 is 25.3 Å². The second kappa shape index (κ2) is 5.21. The van der Waals surface area contributed by atoms with E-state index < -0.39 is 0 Å². The molecule has 0 unspecified atom stereocenters. The maximum absolute atomic E-state index is 6.01. The molecule has 1 aromatic rings. The van der Waals surface area contributed by atoms with Gasteiger partial charge in [0.25, 0.3) is 0 Å². The third-order valence-corrected chi connectivity index (χ3v) is 4.70.